The summed E-state index contributed by atoms with van der Waals surface area (Å²) in [5.41, 5.74) is 3.56. The number of piperidine rings is 1. The molecule has 2 aliphatic heterocycles. The van der Waals surface area contributed by atoms with E-state index in [-0.39, 0.29) is 12.5 Å². The van der Waals surface area contributed by atoms with Gasteiger partial charge in [-0.1, -0.05) is 23.8 Å². The summed E-state index contributed by atoms with van der Waals surface area (Å²) >= 11 is 0. The standard InChI is InChI=1S/C23H37N3O2/c1-18-6-7-19(2)21(15-18)16-23(28)26-9-8-22(20(17-26)5-4-14-27)25-12-10-24(3)11-13-25/h6-7,15,20,22,27H,4-5,8-14,16-17H2,1-3H3/t20-,22+/m1/s1. The lowest BCUT2D eigenvalue weighted by molar-refractivity contribution is -0.133. The highest BCUT2D eigenvalue weighted by Crippen LogP contribution is 2.27. The van der Waals surface area contributed by atoms with E-state index in [0.717, 1.165) is 64.1 Å². The number of aliphatic hydroxyl groups excluding tert-OH is 1. The van der Waals surface area contributed by atoms with Gasteiger partial charge in [0.05, 0.1) is 6.42 Å². The number of nitrogens with zero attached hydrogens (tertiary/aromatic N) is 3. The van der Waals surface area contributed by atoms with Crippen LogP contribution in [0.25, 0.3) is 0 Å². The molecule has 156 valence electrons. The summed E-state index contributed by atoms with van der Waals surface area (Å²) in [7, 11) is 2.19. The number of hydrogen-bond acceptors (Lipinski definition) is 4. The summed E-state index contributed by atoms with van der Waals surface area (Å²) in [5, 5.41) is 9.35. The van der Waals surface area contributed by atoms with Crippen molar-refractivity contribution in [3.63, 3.8) is 0 Å². The SMILES string of the molecule is Cc1ccc(C)c(CC(=O)N2CC[C@H](N3CCN(C)CC3)[C@H](CCCO)C2)c1. The Morgan fingerprint density at radius 1 is 1.14 bits per heavy atom. The Morgan fingerprint density at radius 2 is 1.89 bits per heavy atom. The van der Waals surface area contributed by atoms with E-state index in [2.05, 4.69) is 53.8 Å². The first-order valence-electron chi connectivity index (χ1n) is 10.8. The number of aliphatic hydroxyl groups is 1. The van der Waals surface area contributed by atoms with Crippen molar-refractivity contribution in [1.29, 1.82) is 0 Å². The van der Waals surface area contributed by atoms with E-state index >= 15 is 0 Å². The number of likely N-dealkylation sites (N-methyl/N-ethyl adjacent to an activating group) is 1. The first kappa shape index (κ1) is 21.3. The second kappa shape index (κ2) is 9.86. The lowest BCUT2D eigenvalue weighted by Gasteiger charge is -2.46. The maximum Gasteiger partial charge on any atom is 0.227 e. The van der Waals surface area contributed by atoms with E-state index in [1.54, 1.807) is 0 Å². The summed E-state index contributed by atoms with van der Waals surface area (Å²) in [6.45, 7) is 10.6. The van der Waals surface area contributed by atoms with Gasteiger partial charge in [-0.15, -0.1) is 0 Å². The molecule has 3 rings (SSSR count). The molecule has 5 heteroatoms. The van der Waals surface area contributed by atoms with Crippen molar-refractivity contribution in [2.24, 2.45) is 5.92 Å². The molecule has 2 fully saturated rings. The van der Waals surface area contributed by atoms with E-state index in [1.807, 2.05) is 0 Å². The van der Waals surface area contributed by atoms with Crippen molar-refractivity contribution in [2.75, 3.05) is 52.9 Å². The molecule has 28 heavy (non-hydrogen) atoms. The van der Waals surface area contributed by atoms with Crippen LogP contribution in [0.15, 0.2) is 18.2 Å². The number of hydrogen-bond donors (Lipinski definition) is 1. The summed E-state index contributed by atoms with van der Waals surface area (Å²) in [6.07, 6.45) is 3.38. The number of aryl methyl sites for hydroxylation is 2. The van der Waals surface area contributed by atoms with Gasteiger partial charge in [0.1, 0.15) is 0 Å². The molecule has 0 bridgehead atoms. The lowest BCUT2D eigenvalue weighted by Crippen LogP contribution is -2.57. The number of amides is 1. The first-order valence-corrected chi connectivity index (χ1v) is 10.8. The van der Waals surface area contributed by atoms with Gasteiger partial charge in [-0.05, 0) is 57.2 Å². The predicted octanol–water partition coefficient (Wildman–Crippen LogP) is 2.08. The highest BCUT2D eigenvalue weighted by molar-refractivity contribution is 5.79. The number of piperazine rings is 1. The minimum atomic E-state index is 0.238. The van der Waals surface area contributed by atoms with Gasteiger partial charge in [-0.3, -0.25) is 9.69 Å². The molecule has 0 spiro atoms. The van der Waals surface area contributed by atoms with Crippen molar-refractivity contribution < 1.29 is 9.90 Å². The Labute approximate surface area is 170 Å². The van der Waals surface area contributed by atoms with Gasteiger partial charge in [0.25, 0.3) is 0 Å². The van der Waals surface area contributed by atoms with Crippen LogP contribution in [0.2, 0.25) is 0 Å². The molecular weight excluding hydrogens is 350 g/mol. The monoisotopic (exact) mass is 387 g/mol. The molecular formula is C23H37N3O2. The fourth-order valence-electron chi connectivity index (χ4n) is 4.78. The zero-order valence-electron chi connectivity index (χ0n) is 17.9. The zero-order valence-corrected chi connectivity index (χ0v) is 17.9. The van der Waals surface area contributed by atoms with Gasteiger partial charge in [0, 0.05) is 51.9 Å². The third-order valence-corrected chi connectivity index (χ3v) is 6.63. The van der Waals surface area contributed by atoms with Gasteiger partial charge >= 0.3 is 0 Å². The Balaban J connectivity index is 1.64. The predicted molar refractivity (Wildman–Crippen MR) is 113 cm³/mol. The fraction of sp³-hybridized carbons (Fsp3) is 0.696. The fourth-order valence-corrected chi connectivity index (χ4v) is 4.78. The number of carbonyl (C=O) groups is 1. The number of rotatable bonds is 6. The molecule has 2 saturated heterocycles. The molecule has 2 aliphatic rings. The van der Waals surface area contributed by atoms with Gasteiger partial charge in [0.15, 0.2) is 0 Å². The molecule has 1 aromatic rings. The van der Waals surface area contributed by atoms with E-state index in [9.17, 15) is 9.90 Å². The summed E-state index contributed by atoms with van der Waals surface area (Å²) in [5.74, 6) is 0.714. The van der Waals surface area contributed by atoms with Crippen LogP contribution in [-0.4, -0.2) is 84.7 Å². The largest absolute Gasteiger partial charge is 0.396 e. The molecule has 0 unspecified atom stereocenters. The van der Waals surface area contributed by atoms with Crippen LogP contribution < -0.4 is 0 Å². The normalized spacial score (nSPS) is 24.5. The molecule has 2 atom stereocenters. The average molecular weight is 388 g/mol. The van der Waals surface area contributed by atoms with Gasteiger partial charge in [0.2, 0.25) is 5.91 Å². The molecule has 1 aromatic carbocycles. The zero-order chi connectivity index (χ0) is 20.1. The molecule has 0 aromatic heterocycles. The van der Waals surface area contributed by atoms with E-state index in [0.29, 0.717) is 18.4 Å². The Morgan fingerprint density at radius 3 is 2.61 bits per heavy atom. The van der Waals surface area contributed by atoms with E-state index in [4.69, 9.17) is 0 Å². The third kappa shape index (κ3) is 5.34. The highest BCUT2D eigenvalue weighted by atomic mass is 16.3. The Kier molecular flexibility index (Phi) is 7.49. The third-order valence-electron chi connectivity index (χ3n) is 6.63. The van der Waals surface area contributed by atoms with Crippen molar-refractivity contribution in [1.82, 2.24) is 14.7 Å². The first-order chi connectivity index (χ1) is 13.5. The number of benzene rings is 1. The van der Waals surface area contributed by atoms with Crippen LogP contribution in [0.3, 0.4) is 0 Å². The maximum absolute atomic E-state index is 13.0. The van der Waals surface area contributed by atoms with Crippen molar-refractivity contribution >= 4 is 5.91 Å². The van der Waals surface area contributed by atoms with Crippen LogP contribution >= 0.6 is 0 Å². The second-order valence-corrected chi connectivity index (χ2v) is 8.77. The Bertz CT molecular complexity index is 655. The molecule has 2 heterocycles. The average Bonchev–Trinajstić information content (AvgIpc) is 2.69. The quantitative estimate of drug-likeness (QED) is 0.812. The summed E-state index contributed by atoms with van der Waals surface area (Å²) < 4.78 is 0. The molecule has 1 amide bonds. The van der Waals surface area contributed by atoms with Crippen molar-refractivity contribution in [2.45, 2.75) is 45.6 Å². The summed E-state index contributed by atoms with van der Waals surface area (Å²) in [6, 6.07) is 6.91. The minimum absolute atomic E-state index is 0.238. The Hall–Kier alpha value is -1.43. The van der Waals surface area contributed by atoms with Crippen molar-refractivity contribution in [3.8, 4) is 0 Å². The minimum Gasteiger partial charge on any atom is -0.396 e. The summed E-state index contributed by atoms with van der Waals surface area (Å²) in [4.78, 5) is 20.1. The molecule has 0 radical (unpaired) electrons. The number of carbonyl (C=O) groups excluding carboxylic acids is 1. The lowest BCUT2D eigenvalue weighted by atomic mass is 9.86. The van der Waals surface area contributed by atoms with E-state index in [1.165, 1.54) is 11.1 Å². The van der Waals surface area contributed by atoms with Crippen molar-refractivity contribution in [3.05, 3.63) is 34.9 Å². The number of likely N-dealkylation sites (tertiary alicyclic amines) is 1. The van der Waals surface area contributed by atoms with Crippen LogP contribution in [0.4, 0.5) is 0 Å². The van der Waals surface area contributed by atoms with Gasteiger partial charge in [-0.2, -0.15) is 0 Å². The smallest absolute Gasteiger partial charge is 0.227 e. The molecule has 1 N–H and O–H groups in total. The molecule has 0 aliphatic carbocycles. The van der Waals surface area contributed by atoms with E-state index < -0.39 is 0 Å². The molecule has 5 nitrogen and oxygen atoms in total. The van der Waals surface area contributed by atoms with Crippen LogP contribution in [-0.2, 0) is 11.2 Å². The highest BCUT2D eigenvalue weighted by Gasteiger charge is 2.35. The maximum atomic E-state index is 13.0. The van der Waals surface area contributed by atoms with Crippen LogP contribution in [0.1, 0.15) is 36.0 Å². The van der Waals surface area contributed by atoms with Gasteiger partial charge < -0.3 is 14.9 Å². The van der Waals surface area contributed by atoms with Gasteiger partial charge in [-0.25, -0.2) is 0 Å². The molecule has 0 saturated carbocycles. The topological polar surface area (TPSA) is 47.0 Å². The van der Waals surface area contributed by atoms with Crippen LogP contribution in [0.5, 0.6) is 0 Å². The van der Waals surface area contributed by atoms with Crippen LogP contribution in [0, 0.1) is 19.8 Å². The second-order valence-electron chi connectivity index (χ2n) is 8.77.